The summed E-state index contributed by atoms with van der Waals surface area (Å²) in [4.78, 5) is 12.3. The Balaban J connectivity index is 0.00000208. The molecule has 1 aliphatic rings. The van der Waals surface area contributed by atoms with Crippen molar-refractivity contribution >= 4 is 18.3 Å². The number of nitrogens with zero attached hydrogens (tertiary/aromatic N) is 4. The van der Waals surface area contributed by atoms with Gasteiger partial charge in [-0.2, -0.15) is 4.68 Å². The summed E-state index contributed by atoms with van der Waals surface area (Å²) in [6.45, 7) is 1.89. The quantitative estimate of drug-likeness (QED) is 0.856. The van der Waals surface area contributed by atoms with Crippen molar-refractivity contribution in [3.63, 3.8) is 0 Å². The molecule has 3 rings (SSSR count). The van der Waals surface area contributed by atoms with E-state index >= 15 is 0 Å². The Bertz CT molecular complexity index is 662. The molecule has 1 fully saturated rings. The lowest BCUT2D eigenvalue weighted by atomic mass is 10.00. The third-order valence-corrected chi connectivity index (χ3v) is 4.42. The Morgan fingerprint density at radius 2 is 2.12 bits per heavy atom. The van der Waals surface area contributed by atoms with Gasteiger partial charge in [-0.15, -0.1) is 17.5 Å². The summed E-state index contributed by atoms with van der Waals surface area (Å²) in [5, 5.41) is 14.8. The van der Waals surface area contributed by atoms with Crippen LogP contribution in [0.4, 0.5) is 0 Å². The molecule has 1 aliphatic carbocycles. The Labute approximate surface area is 147 Å². The topological polar surface area (TPSA) is 98.7 Å². The number of aromatic nitrogens is 4. The minimum Gasteiger partial charge on any atom is -0.346 e. The molecule has 1 aromatic carbocycles. The smallest absolute Gasteiger partial charge is 0.220 e. The van der Waals surface area contributed by atoms with Gasteiger partial charge in [-0.3, -0.25) is 4.79 Å². The van der Waals surface area contributed by atoms with Crippen LogP contribution >= 0.6 is 12.4 Å². The summed E-state index contributed by atoms with van der Waals surface area (Å²) >= 11 is 0. The summed E-state index contributed by atoms with van der Waals surface area (Å²) in [7, 11) is 0. The van der Waals surface area contributed by atoms with Crippen LogP contribution in [0.15, 0.2) is 30.3 Å². The standard InChI is InChI=1S/C16H22N6O.ClH/c1-11(18-15(23)10-12-6-5-9-14(12)17)16-19-20-21-22(16)13-7-3-2-4-8-13;/h2-4,7-8,11-12,14H,5-6,9-10,17H2,1H3,(H,18,23);1H/t11?,12-,14+;/m0./s1. The van der Waals surface area contributed by atoms with Crippen LogP contribution in [0.2, 0.25) is 0 Å². The van der Waals surface area contributed by atoms with Gasteiger partial charge in [0, 0.05) is 12.5 Å². The summed E-state index contributed by atoms with van der Waals surface area (Å²) in [5.41, 5.74) is 6.90. The van der Waals surface area contributed by atoms with Gasteiger partial charge in [0.2, 0.25) is 5.91 Å². The second-order valence-corrected chi connectivity index (χ2v) is 6.13. The zero-order valence-corrected chi connectivity index (χ0v) is 14.4. The fraction of sp³-hybridized carbons (Fsp3) is 0.500. The Kier molecular flexibility index (Phi) is 6.28. The van der Waals surface area contributed by atoms with Crippen LogP contribution in [0.25, 0.3) is 5.69 Å². The maximum Gasteiger partial charge on any atom is 0.220 e. The maximum absolute atomic E-state index is 12.3. The van der Waals surface area contributed by atoms with Crippen molar-refractivity contribution in [2.24, 2.45) is 11.7 Å². The van der Waals surface area contributed by atoms with E-state index in [4.69, 9.17) is 5.73 Å². The van der Waals surface area contributed by atoms with Crippen LogP contribution in [-0.4, -0.2) is 32.2 Å². The molecule has 24 heavy (non-hydrogen) atoms. The van der Waals surface area contributed by atoms with Gasteiger partial charge in [0.15, 0.2) is 5.82 Å². The molecule has 3 atom stereocenters. The minimum atomic E-state index is -0.268. The molecule has 2 aromatic rings. The molecule has 0 aliphatic heterocycles. The number of hydrogen-bond donors (Lipinski definition) is 2. The third-order valence-electron chi connectivity index (χ3n) is 4.42. The van der Waals surface area contributed by atoms with E-state index in [9.17, 15) is 4.79 Å². The molecule has 0 radical (unpaired) electrons. The highest BCUT2D eigenvalue weighted by molar-refractivity contribution is 5.85. The lowest BCUT2D eigenvalue weighted by molar-refractivity contribution is -0.122. The predicted molar refractivity (Wildman–Crippen MR) is 92.9 cm³/mol. The van der Waals surface area contributed by atoms with Crippen molar-refractivity contribution in [3.05, 3.63) is 36.2 Å². The van der Waals surface area contributed by atoms with Crippen molar-refractivity contribution in [2.75, 3.05) is 0 Å². The number of nitrogens with one attached hydrogen (secondary N) is 1. The lowest BCUT2D eigenvalue weighted by Gasteiger charge is -2.17. The van der Waals surface area contributed by atoms with Gasteiger partial charge < -0.3 is 11.1 Å². The van der Waals surface area contributed by atoms with Gasteiger partial charge in [-0.05, 0) is 48.2 Å². The summed E-state index contributed by atoms with van der Waals surface area (Å²) in [5.74, 6) is 0.898. The van der Waals surface area contributed by atoms with E-state index < -0.39 is 0 Å². The van der Waals surface area contributed by atoms with E-state index in [1.165, 1.54) is 0 Å². The first kappa shape index (κ1) is 18.4. The number of nitrogens with two attached hydrogens (primary N) is 1. The summed E-state index contributed by atoms with van der Waals surface area (Å²) in [6, 6.07) is 9.50. The average Bonchev–Trinajstić information content (AvgIpc) is 3.18. The maximum atomic E-state index is 12.3. The molecular formula is C16H23ClN6O. The molecule has 1 amide bonds. The van der Waals surface area contributed by atoms with Gasteiger partial charge in [0.25, 0.3) is 0 Å². The first-order chi connectivity index (χ1) is 11.1. The van der Waals surface area contributed by atoms with E-state index in [-0.39, 0.29) is 36.3 Å². The highest BCUT2D eigenvalue weighted by atomic mass is 35.5. The Hall–Kier alpha value is -1.99. The molecule has 1 heterocycles. The van der Waals surface area contributed by atoms with Crippen LogP contribution in [0.1, 0.15) is 44.5 Å². The van der Waals surface area contributed by atoms with Crippen LogP contribution in [-0.2, 0) is 4.79 Å². The largest absolute Gasteiger partial charge is 0.346 e. The molecule has 3 N–H and O–H groups in total. The molecule has 0 spiro atoms. The SMILES string of the molecule is CC(NC(=O)C[C@@H]1CCC[C@H]1N)c1nnnn1-c1ccccc1.Cl. The van der Waals surface area contributed by atoms with E-state index in [2.05, 4.69) is 20.8 Å². The number of carbonyl (C=O) groups excluding carboxylic acids is 1. The van der Waals surface area contributed by atoms with Gasteiger partial charge in [0.05, 0.1) is 11.7 Å². The van der Waals surface area contributed by atoms with Gasteiger partial charge in [-0.25, -0.2) is 0 Å². The van der Waals surface area contributed by atoms with Crippen molar-refractivity contribution < 1.29 is 4.79 Å². The lowest BCUT2D eigenvalue weighted by Crippen LogP contribution is -2.33. The molecule has 1 saturated carbocycles. The number of hydrogen-bond acceptors (Lipinski definition) is 5. The van der Waals surface area contributed by atoms with E-state index in [1.807, 2.05) is 37.3 Å². The summed E-state index contributed by atoms with van der Waals surface area (Å²) < 4.78 is 1.65. The molecule has 8 heteroatoms. The number of para-hydroxylation sites is 1. The summed E-state index contributed by atoms with van der Waals surface area (Å²) in [6.07, 6.45) is 3.63. The molecule has 130 valence electrons. The molecule has 0 bridgehead atoms. The van der Waals surface area contributed by atoms with Crippen molar-refractivity contribution in [1.82, 2.24) is 25.5 Å². The molecular weight excluding hydrogens is 328 g/mol. The first-order valence-corrected chi connectivity index (χ1v) is 8.04. The van der Waals surface area contributed by atoms with Crippen molar-refractivity contribution in [3.8, 4) is 5.69 Å². The number of carbonyl (C=O) groups is 1. The highest BCUT2D eigenvalue weighted by Gasteiger charge is 2.27. The van der Waals surface area contributed by atoms with E-state index in [0.717, 1.165) is 24.9 Å². The number of halogens is 1. The van der Waals surface area contributed by atoms with Crippen LogP contribution in [0.3, 0.4) is 0 Å². The monoisotopic (exact) mass is 350 g/mol. The number of rotatable bonds is 5. The predicted octanol–water partition coefficient (Wildman–Crippen LogP) is 1.78. The fourth-order valence-corrected chi connectivity index (χ4v) is 3.14. The zero-order valence-electron chi connectivity index (χ0n) is 13.6. The second-order valence-electron chi connectivity index (χ2n) is 6.13. The number of amides is 1. The zero-order chi connectivity index (χ0) is 16.2. The second kappa shape index (κ2) is 8.21. The van der Waals surface area contributed by atoms with Crippen molar-refractivity contribution in [2.45, 2.75) is 44.7 Å². The van der Waals surface area contributed by atoms with Crippen LogP contribution in [0.5, 0.6) is 0 Å². The third kappa shape index (κ3) is 4.10. The normalized spacial score (nSPS) is 21.1. The first-order valence-electron chi connectivity index (χ1n) is 8.04. The highest BCUT2D eigenvalue weighted by Crippen LogP contribution is 2.27. The van der Waals surface area contributed by atoms with Crippen LogP contribution < -0.4 is 11.1 Å². The van der Waals surface area contributed by atoms with Gasteiger partial charge >= 0.3 is 0 Å². The molecule has 7 nitrogen and oxygen atoms in total. The minimum absolute atomic E-state index is 0. The van der Waals surface area contributed by atoms with Crippen LogP contribution in [0, 0.1) is 5.92 Å². The van der Waals surface area contributed by atoms with Gasteiger partial charge in [-0.1, -0.05) is 24.6 Å². The van der Waals surface area contributed by atoms with Crippen molar-refractivity contribution in [1.29, 1.82) is 0 Å². The number of benzene rings is 1. The van der Waals surface area contributed by atoms with Gasteiger partial charge in [0.1, 0.15) is 0 Å². The Morgan fingerprint density at radius 3 is 2.79 bits per heavy atom. The van der Waals surface area contributed by atoms with E-state index in [0.29, 0.717) is 12.2 Å². The molecule has 1 unspecified atom stereocenters. The Morgan fingerprint density at radius 1 is 1.38 bits per heavy atom. The molecule has 1 aromatic heterocycles. The molecule has 0 saturated heterocycles. The fourth-order valence-electron chi connectivity index (χ4n) is 3.14. The number of tetrazole rings is 1. The average molecular weight is 351 g/mol. The van der Waals surface area contributed by atoms with E-state index in [1.54, 1.807) is 4.68 Å².